The lowest BCUT2D eigenvalue weighted by Gasteiger charge is -2.12. The van der Waals surface area contributed by atoms with Gasteiger partial charge in [0, 0.05) is 10.6 Å². The largest absolute Gasteiger partial charge is 0.483 e. The minimum Gasteiger partial charge on any atom is -0.483 e. The highest BCUT2D eigenvalue weighted by molar-refractivity contribution is 6.31. The van der Waals surface area contributed by atoms with E-state index in [1.807, 2.05) is 0 Å². The van der Waals surface area contributed by atoms with Crippen molar-refractivity contribution in [3.63, 3.8) is 0 Å². The molecule has 2 aromatic carbocycles. The van der Waals surface area contributed by atoms with Crippen LogP contribution < -0.4 is 10.5 Å². The number of rotatable bonds is 5. The lowest BCUT2D eigenvalue weighted by molar-refractivity contribution is -0.137. The summed E-state index contributed by atoms with van der Waals surface area (Å²) in [4.78, 5) is 23.3. The summed E-state index contributed by atoms with van der Waals surface area (Å²) < 4.78 is 56.9. The van der Waals surface area contributed by atoms with Gasteiger partial charge < -0.3 is 10.5 Å². The molecule has 0 unspecified atom stereocenters. The van der Waals surface area contributed by atoms with Gasteiger partial charge >= 0.3 is 6.18 Å². The monoisotopic (exact) mass is 375 g/mol. The Kier molecular flexibility index (Phi) is 5.32. The van der Waals surface area contributed by atoms with Crippen molar-refractivity contribution in [1.29, 1.82) is 0 Å². The predicted molar refractivity (Wildman–Crippen MR) is 81.0 cm³/mol. The fourth-order valence-electron chi connectivity index (χ4n) is 1.99. The van der Waals surface area contributed by atoms with Crippen molar-refractivity contribution in [2.75, 3.05) is 6.61 Å². The van der Waals surface area contributed by atoms with Crippen LogP contribution in [-0.4, -0.2) is 18.3 Å². The van der Waals surface area contributed by atoms with E-state index in [2.05, 4.69) is 0 Å². The Morgan fingerprint density at radius 2 is 1.80 bits per heavy atom. The molecule has 0 aliphatic heterocycles. The Bertz CT molecular complexity index is 837. The third-order valence-electron chi connectivity index (χ3n) is 3.04. The molecule has 0 fully saturated rings. The molecule has 0 radical (unpaired) electrons. The SMILES string of the molecule is NC(=O)COc1ccc(Cl)cc1C(=O)c1cc(F)cc(C(F)(F)F)c1. The maximum absolute atomic E-state index is 13.5. The average Bonchev–Trinajstić information content (AvgIpc) is 2.51. The summed E-state index contributed by atoms with van der Waals surface area (Å²) in [6, 6.07) is 5.20. The first-order valence-electron chi connectivity index (χ1n) is 6.71. The fraction of sp³-hybridized carbons (Fsp3) is 0.125. The van der Waals surface area contributed by atoms with Gasteiger partial charge in [-0.2, -0.15) is 13.2 Å². The number of primary amides is 1. The van der Waals surface area contributed by atoms with Crippen molar-refractivity contribution in [1.82, 2.24) is 0 Å². The molecule has 2 N–H and O–H groups in total. The van der Waals surface area contributed by atoms with Crippen LogP contribution in [0.4, 0.5) is 17.6 Å². The van der Waals surface area contributed by atoms with E-state index in [1.54, 1.807) is 0 Å². The zero-order valence-electron chi connectivity index (χ0n) is 12.4. The molecule has 0 saturated carbocycles. The molecule has 0 saturated heterocycles. The van der Waals surface area contributed by atoms with Crippen LogP contribution in [0.25, 0.3) is 0 Å². The molecule has 0 aliphatic carbocycles. The summed E-state index contributed by atoms with van der Waals surface area (Å²) in [5.41, 5.74) is 2.87. The number of alkyl halides is 3. The van der Waals surface area contributed by atoms with E-state index >= 15 is 0 Å². The average molecular weight is 376 g/mol. The molecule has 4 nitrogen and oxygen atoms in total. The highest BCUT2D eigenvalue weighted by Crippen LogP contribution is 2.32. The molecule has 0 atom stereocenters. The van der Waals surface area contributed by atoms with E-state index in [9.17, 15) is 27.2 Å². The molecular weight excluding hydrogens is 366 g/mol. The lowest BCUT2D eigenvalue weighted by atomic mass is 10.00. The molecule has 0 spiro atoms. The summed E-state index contributed by atoms with van der Waals surface area (Å²) >= 11 is 5.79. The first-order chi connectivity index (χ1) is 11.6. The van der Waals surface area contributed by atoms with Gasteiger partial charge in [-0.05, 0) is 36.4 Å². The minimum absolute atomic E-state index is 0.0993. The minimum atomic E-state index is -4.82. The van der Waals surface area contributed by atoms with Crippen molar-refractivity contribution in [3.8, 4) is 5.75 Å². The summed E-state index contributed by atoms with van der Waals surface area (Å²) in [6.45, 7) is -0.557. The smallest absolute Gasteiger partial charge is 0.416 e. The van der Waals surface area contributed by atoms with Crippen LogP contribution in [-0.2, 0) is 11.0 Å². The topological polar surface area (TPSA) is 69.4 Å². The van der Waals surface area contributed by atoms with Gasteiger partial charge in [-0.25, -0.2) is 4.39 Å². The number of amides is 1. The number of hydrogen-bond acceptors (Lipinski definition) is 3. The third kappa shape index (κ3) is 4.69. The van der Waals surface area contributed by atoms with Gasteiger partial charge in [-0.3, -0.25) is 9.59 Å². The van der Waals surface area contributed by atoms with Gasteiger partial charge in [0.2, 0.25) is 0 Å². The van der Waals surface area contributed by atoms with Crippen LogP contribution >= 0.6 is 11.6 Å². The Hall–Kier alpha value is -2.61. The lowest BCUT2D eigenvalue weighted by Crippen LogP contribution is -2.21. The normalized spacial score (nSPS) is 11.2. The standard InChI is InChI=1S/C16H10ClF4NO3/c17-10-1-2-13(25-7-14(22)23)12(6-10)15(24)8-3-9(16(19,20)21)5-11(18)4-8/h1-6H,7H2,(H2,22,23). The number of ether oxygens (including phenoxy) is 1. The first-order valence-corrected chi connectivity index (χ1v) is 7.09. The van der Waals surface area contributed by atoms with Crippen molar-refractivity contribution in [2.45, 2.75) is 6.18 Å². The molecule has 0 heterocycles. The number of benzene rings is 2. The van der Waals surface area contributed by atoms with Gasteiger partial charge in [-0.1, -0.05) is 11.6 Å². The van der Waals surface area contributed by atoms with E-state index in [0.29, 0.717) is 12.1 Å². The molecule has 0 aliphatic rings. The molecule has 2 rings (SSSR count). The molecule has 0 aromatic heterocycles. The van der Waals surface area contributed by atoms with Crippen LogP contribution in [0.3, 0.4) is 0 Å². The number of ketones is 1. The number of hydrogen-bond donors (Lipinski definition) is 1. The van der Waals surface area contributed by atoms with E-state index in [0.717, 1.165) is 6.07 Å². The van der Waals surface area contributed by atoms with E-state index in [1.165, 1.54) is 12.1 Å². The van der Waals surface area contributed by atoms with Crippen LogP contribution in [0.5, 0.6) is 5.75 Å². The van der Waals surface area contributed by atoms with Crippen LogP contribution in [0.1, 0.15) is 21.5 Å². The molecule has 25 heavy (non-hydrogen) atoms. The van der Waals surface area contributed by atoms with Gasteiger partial charge in [0.1, 0.15) is 11.6 Å². The van der Waals surface area contributed by atoms with Crippen LogP contribution in [0, 0.1) is 5.82 Å². The van der Waals surface area contributed by atoms with Crippen LogP contribution in [0.15, 0.2) is 36.4 Å². The van der Waals surface area contributed by atoms with Crippen LogP contribution in [0.2, 0.25) is 5.02 Å². The van der Waals surface area contributed by atoms with Crippen molar-refractivity contribution < 1.29 is 31.9 Å². The maximum atomic E-state index is 13.5. The number of halogens is 5. The van der Waals surface area contributed by atoms with E-state index < -0.39 is 41.4 Å². The summed E-state index contributed by atoms with van der Waals surface area (Å²) in [5, 5.41) is 0.0993. The zero-order valence-corrected chi connectivity index (χ0v) is 13.1. The molecular formula is C16H10ClF4NO3. The van der Waals surface area contributed by atoms with Gasteiger partial charge in [0.25, 0.3) is 5.91 Å². The second-order valence-corrected chi connectivity index (χ2v) is 5.39. The summed E-state index contributed by atoms with van der Waals surface area (Å²) in [7, 11) is 0. The highest BCUT2D eigenvalue weighted by Gasteiger charge is 2.32. The van der Waals surface area contributed by atoms with Crippen molar-refractivity contribution >= 4 is 23.3 Å². The zero-order chi connectivity index (χ0) is 18.8. The van der Waals surface area contributed by atoms with E-state index in [4.69, 9.17) is 22.1 Å². The number of nitrogens with two attached hydrogens (primary N) is 1. The van der Waals surface area contributed by atoms with Gasteiger partial charge in [-0.15, -0.1) is 0 Å². The summed E-state index contributed by atoms with van der Waals surface area (Å²) in [6.07, 6.45) is -4.82. The van der Waals surface area contributed by atoms with Gasteiger partial charge in [0.05, 0.1) is 11.1 Å². The Labute approximate surface area is 144 Å². The second kappa shape index (κ2) is 7.10. The number of carbonyl (C=O) groups is 2. The number of carbonyl (C=O) groups excluding carboxylic acids is 2. The Balaban J connectivity index is 2.49. The van der Waals surface area contributed by atoms with Gasteiger partial charge in [0.15, 0.2) is 12.4 Å². The van der Waals surface area contributed by atoms with Crippen molar-refractivity contribution in [3.05, 3.63) is 63.9 Å². The molecule has 1 amide bonds. The second-order valence-electron chi connectivity index (χ2n) is 4.95. The maximum Gasteiger partial charge on any atom is 0.416 e. The third-order valence-corrected chi connectivity index (χ3v) is 3.28. The fourth-order valence-corrected chi connectivity index (χ4v) is 2.17. The first kappa shape index (κ1) is 18.7. The van der Waals surface area contributed by atoms with E-state index in [-0.39, 0.29) is 22.4 Å². The quantitative estimate of drug-likeness (QED) is 0.641. The predicted octanol–water partition coefficient (Wildman–Crippen LogP) is 3.59. The van der Waals surface area contributed by atoms with Crippen molar-refractivity contribution in [2.24, 2.45) is 5.73 Å². The molecule has 0 bridgehead atoms. The summed E-state index contributed by atoms with van der Waals surface area (Å²) in [5.74, 6) is -3.11. The molecule has 132 valence electrons. The molecule has 9 heteroatoms. The Morgan fingerprint density at radius 1 is 1.12 bits per heavy atom. The molecule has 2 aromatic rings. The Morgan fingerprint density at radius 3 is 2.40 bits per heavy atom. The highest BCUT2D eigenvalue weighted by atomic mass is 35.5.